The van der Waals surface area contributed by atoms with Crippen molar-refractivity contribution in [2.24, 2.45) is 11.0 Å². The zero-order valence-corrected chi connectivity index (χ0v) is 18.6. The minimum Gasteiger partial charge on any atom is -0.493 e. The van der Waals surface area contributed by atoms with Crippen LogP contribution in [0.5, 0.6) is 5.75 Å². The molecule has 0 radical (unpaired) electrons. The number of carbonyl (C=O) groups excluding carboxylic acids is 2. The Kier molecular flexibility index (Phi) is 9.15. The molecule has 2 amide bonds. The van der Waals surface area contributed by atoms with Crippen molar-refractivity contribution in [3.63, 3.8) is 0 Å². The number of hydrogen-bond donors (Lipinski definition) is 2. The molecule has 0 saturated heterocycles. The maximum atomic E-state index is 12.6. The van der Waals surface area contributed by atoms with Gasteiger partial charge in [0.1, 0.15) is 11.8 Å². The lowest BCUT2D eigenvalue weighted by Gasteiger charge is -2.19. The Morgan fingerprint density at radius 2 is 1.77 bits per heavy atom. The van der Waals surface area contributed by atoms with Crippen molar-refractivity contribution in [3.05, 3.63) is 63.6 Å². The second-order valence-electron chi connectivity index (χ2n) is 7.01. The van der Waals surface area contributed by atoms with Gasteiger partial charge in [-0.05, 0) is 61.7 Å². The van der Waals surface area contributed by atoms with Crippen LogP contribution in [0.1, 0.15) is 43.1 Å². The van der Waals surface area contributed by atoms with Gasteiger partial charge in [0.15, 0.2) is 0 Å². The molecule has 0 aliphatic carbocycles. The number of ether oxygens (including phenoxy) is 1. The predicted molar refractivity (Wildman–Crippen MR) is 121 cm³/mol. The lowest BCUT2D eigenvalue weighted by Crippen LogP contribution is -2.46. The van der Waals surface area contributed by atoms with E-state index in [1.54, 1.807) is 42.5 Å². The van der Waals surface area contributed by atoms with E-state index < -0.39 is 11.9 Å². The van der Waals surface area contributed by atoms with Crippen molar-refractivity contribution in [2.45, 2.75) is 33.2 Å². The van der Waals surface area contributed by atoms with Crippen LogP contribution < -0.4 is 15.5 Å². The van der Waals surface area contributed by atoms with Crippen LogP contribution in [0.25, 0.3) is 0 Å². The molecule has 6 nitrogen and oxygen atoms in total. The van der Waals surface area contributed by atoms with Gasteiger partial charge in [0, 0.05) is 21.2 Å². The highest BCUT2D eigenvalue weighted by Crippen LogP contribution is 2.21. The summed E-state index contributed by atoms with van der Waals surface area (Å²) in [7, 11) is 0. The van der Waals surface area contributed by atoms with Gasteiger partial charge < -0.3 is 10.1 Å². The average Bonchev–Trinajstić information content (AvgIpc) is 2.69. The van der Waals surface area contributed by atoms with E-state index in [1.165, 1.54) is 6.21 Å². The lowest BCUT2D eigenvalue weighted by molar-refractivity contribution is -0.123. The Balaban J connectivity index is 2.08. The van der Waals surface area contributed by atoms with E-state index >= 15 is 0 Å². The monoisotopic (exact) mass is 449 g/mol. The summed E-state index contributed by atoms with van der Waals surface area (Å²) in [5.41, 5.74) is 3.54. The molecule has 0 saturated carbocycles. The van der Waals surface area contributed by atoms with Crippen LogP contribution in [-0.2, 0) is 4.79 Å². The fourth-order valence-corrected chi connectivity index (χ4v) is 3.00. The maximum absolute atomic E-state index is 12.6. The first-order chi connectivity index (χ1) is 14.3. The van der Waals surface area contributed by atoms with Gasteiger partial charge >= 0.3 is 0 Å². The minimum absolute atomic E-state index is 0.188. The smallest absolute Gasteiger partial charge is 0.262 e. The molecule has 2 aromatic carbocycles. The molecule has 160 valence electrons. The van der Waals surface area contributed by atoms with E-state index in [9.17, 15) is 9.59 Å². The van der Waals surface area contributed by atoms with Crippen molar-refractivity contribution in [1.82, 2.24) is 10.7 Å². The molecule has 8 heteroatoms. The molecule has 2 aromatic rings. The first-order valence-electron chi connectivity index (χ1n) is 9.61. The topological polar surface area (TPSA) is 79.8 Å². The molecule has 0 aromatic heterocycles. The van der Waals surface area contributed by atoms with Gasteiger partial charge in [0.2, 0.25) is 0 Å². The number of carbonyl (C=O) groups is 2. The van der Waals surface area contributed by atoms with Gasteiger partial charge in [-0.3, -0.25) is 9.59 Å². The molecule has 0 heterocycles. The van der Waals surface area contributed by atoms with Gasteiger partial charge in [-0.1, -0.05) is 37.0 Å². The normalized spacial score (nSPS) is 12.1. The minimum atomic E-state index is -0.740. The van der Waals surface area contributed by atoms with Crippen LogP contribution >= 0.6 is 23.2 Å². The van der Waals surface area contributed by atoms with Gasteiger partial charge in [-0.2, -0.15) is 5.10 Å². The lowest BCUT2D eigenvalue weighted by atomic mass is 10.0. The van der Waals surface area contributed by atoms with Crippen molar-refractivity contribution in [1.29, 1.82) is 0 Å². The summed E-state index contributed by atoms with van der Waals surface area (Å²) in [5, 5.41) is 7.83. The summed E-state index contributed by atoms with van der Waals surface area (Å²) in [6, 6.07) is 10.9. The molecule has 0 aliphatic rings. The quantitative estimate of drug-likeness (QED) is 0.430. The second-order valence-corrected chi connectivity index (χ2v) is 7.88. The predicted octanol–water partition coefficient (Wildman–Crippen LogP) is 4.69. The zero-order chi connectivity index (χ0) is 22.1. The molecule has 0 bridgehead atoms. The Labute approximate surface area is 186 Å². The third-order valence-electron chi connectivity index (χ3n) is 4.09. The van der Waals surface area contributed by atoms with Gasteiger partial charge in [0.05, 0.1) is 12.8 Å². The standard InChI is InChI=1S/C22H25Cl2N3O3/c1-4-30-20-10-9-18(24)12-16(20)13-25-27-22(29)19(11-14(2)3)26-21(28)15-5-7-17(23)8-6-15/h5-10,12-14,19H,4,11H2,1-3H3,(H,26,28)(H,27,29)/b25-13+. The molecular weight excluding hydrogens is 425 g/mol. The third-order valence-corrected chi connectivity index (χ3v) is 4.57. The van der Waals surface area contributed by atoms with Gasteiger partial charge in [0.25, 0.3) is 11.8 Å². The average molecular weight is 450 g/mol. The number of halogens is 2. The summed E-state index contributed by atoms with van der Waals surface area (Å²) >= 11 is 11.9. The first-order valence-corrected chi connectivity index (χ1v) is 10.4. The van der Waals surface area contributed by atoms with Crippen molar-refractivity contribution >= 4 is 41.2 Å². The molecule has 30 heavy (non-hydrogen) atoms. The van der Waals surface area contributed by atoms with Crippen molar-refractivity contribution in [3.8, 4) is 5.75 Å². The number of benzene rings is 2. The number of hydrogen-bond acceptors (Lipinski definition) is 4. The van der Waals surface area contributed by atoms with E-state index in [0.717, 1.165) is 0 Å². The van der Waals surface area contributed by atoms with E-state index in [1.807, 2.05) is 20.8 Å². The summed E-state index contributed by atoms with van der Waals surface area (Å²) in [6.07, 6.45) is 1.92. The van der Waals surface area contributed by atoms with E-state index in [0.29, 0.717) is 39.9 Å². The Morgan fingerprint density at radius 3 is 2.40 bits per heavy atom. The number of rotatable bonds is 9. The molecule has 1 unspecified atom stereocenters. The highest BCUT2D eigenvalue weighted by Gasteiger charge is 2.22. The summed E-state index contributed by atoms with van der Waals surface area (Å²) in [5.74, 6) is 0.0228. The first kappa shape index (κ1) is 23.7. The molecule has 1 atom stereocenters. The third kappa shape index (κ3) is 7.35. The largest absolute Gasteiger partial charge is 0.493 e. The van der Waals surface area contributed by atoms with Crippen LogP contribution in [0.2, 0.25) is 10.0 Å². The molecule has 0 fully saturated rings. The molecule has 0 spiro atoms. The number of hydrazone groups is 1. The fourth-order valence-electron chi connectivity index (χ4n) is 2.70. The Bertz CT molecular complexity index is 899. The highest BCUT2D eigenvalue weighted by atomic mass is 35.5. The summed E-state index contributed by atoms with van der Waals surface area (Å²) < 4.78 is 5.53. The second kappa shape index (κ2) is 11.6. The summed E-state index contributed by atoms with van der Waals surface area (Å²) in [4.78, 5) is 25.1. The van der Waals surface area contributed by atoms with Crippen LogP contribution in [-0.4, -0.2) is 30.7 Å². The Hall–Kier alpha value is -2.57. The highest BCUT2D eigenvalue weighted by molar-refractivity contribution is 6.31. The van der Waals surface area contributed by atoms with Crippen LogP contribution in [0.15, 0.2) is 47.6 Å². The van der Waals surface area contributed by atoms with E-state index in [2.05, 4.69) is 15.8 Å². The fraction of sp³-hybridized carbons (Fsp3) is 0.318. The zero-order valence-electron chi connectivity index (χ0n) is 17.1. The van der Waals surface area contributed by atoms with Gasteiger partial charge in [-0.25, -0.2) is 5.43 Å². The van der Waals surface area contributed by atoms with Crippen LogP contribution in [0, 0.1) is 5.92 Å². The van der Waals surface area contributed by atoms with E-state index in [4.69, 9.17) is 27.9 Å². The van der Waals surface area contributed by atoms with Crippen LogP contribution in [0.4, 0.5) is 0 Å². The molecule has 2 rings (SSSR count). The van der Waals surface area contributed by atoms with Crippen LogP contribution in [0.3, 0.4) is 0 Å². The molecule has 2 N–H and O–H groups in total. The van der Waals surface area contributed by atoms with E-state index in [-0.39, 0.29) is 11.8 Å². The van der Waals surface area contributed by atoms with Crippen molar-refractivity contribution in [2.75, 3.05) is 6.61 Å². The SMILES string of the molecule is CCOc1ccc(Cl)cc1/C=N/NC(=O)C(CC(C)C)NC(=O)c1ccc(Cl)cc1. The number of nitrogens with zero attached hydrogens (tertiary/aromatic N) is 1. The summed E-state index contributed by atoms with van der Waals surface area (Å²) in [6.45, 7) is 6.30. The Morgan fingerprint density at radius 1 is 1.10 bits per heavy atom. The number of nitrogens with one attached hydrogen (secondary N) is 2. The van der Waals surface area contributed by atoms with Crippen molar-refractivity contribution < 1.29 is 14.3 Å². The van der Waals surface area contributed by atoms with Gasteiger partial charge in [-0.15, -0.1) is 0 Å². The molecular formula is C22H25Cl2N3O3. The number of amides is 2. The maximum Gasteiger partial charge on any atom is 0.262 e. The molecule has 0 aliphatic heterocycles.